The molecule has 0 amide bonds. The molecule has 0 aliphatic rings. The molecular weight excluding hydrogens is 208 g/mol. The molecule has 1 aromatic rings. The molecule has 0 radical (unpaired) electrons. The lowest BCUT2D eigenvalue weighted by molar-refractivity contribution is 0.0193. The Kier molecular flexibility index (Phi) is 3.98. The van der Waals surface area contributed by atoms with E-state index in [0.717, 1.165) is 0 Å². The summed E-state index contributed by atoms with van der Waals surface area (Å²) in [5, 5.41) is 19.4. The number of nitrogens with two attached hydrogens (primary N) is 1. The van der Waals surface area contributed by atoms with Crippen molar-refractivity contribution in [3.63, 3.8) is 0 Å². The van der Waals surface area contributed by atoms with Crippen LogP contribution < -0.4 is 5.73 Å². The van der Waals surface area contributed by atoms with Gasteiger partial charge in [-0.2, -0.15) is 12.6 Å². The van der Waals surface area contributed by atoms with Gasteiger partial charge in [-0.15, -0.1) is 0 Å². The Balaban J connectivity index is 2.61. The fourth-order valence-corrected chi connectivity index (χ4v) is 1.91. The van der Waals surface area contributed by atoms with Crippen LogP contribution >= 0.6 is 24.0 Å². The van der Waals surface area contributed by atoms with E-state index in [4.69, 9.17) is 5.73 Å². The Bertz CT molecular complexity index is 267. The molecule has 1 heterocycles. The van der Waals surface area contributed by atoms with Gasteiger partial charge in [0.05, 0.1) is 11.0 Å². The molecule has 1 aromatic heterocycles. The number of nitrogens with zero attached hydrogens (tertiary/aromatic N) is 1. The molecule has 0 saturated carbocycles. The van der Waals surface area contributed by atoms with Crippen LogP contribution in [0.15, 0.2) is 6.20 Å². The fraction of sp³-hybridized carbons (Fsp3) is 0.571. The summed E-state index contributed by atoms with van der Waals surface area (Å²) in [5.41, 5.74) is 5.39. The summed E-state index contributed by atoms with van der Waals surface area (Å²) in [7, 11) is 0. The van der Waals surface area contributed by atoms with Crippen LogP contribution in [0.4, 0.5) is 5.13 Å². The maximum absolute atomic E-state index is 9.56. The monoisotopic (exact) mass is 220 g/mol. The summed E-state index contributed by atoms with van der Waals surface area (Å²) >= 11 is 5.15. The summed E-state index contributed by atoms with van der Waals surface area (Å²) in [6.07, 6.45) is 0.230. The smallest absolute Gasteiger partial charge is 0.180 e. The van der Waals surface area contributed by atoms with E-state index >= 15 is 0 Å². The van der Waals surface area contributed by atoms with Gasteiger partial charge in [0.1, 0.15) is 6.10 Å². The zero-order valence-corrected chi connectivity index (χ0v) is 8.63. The number of aromatic nitrogens is 1. The van der Waals surface area contributed by atoms with Crippen molar-refractivity contribution in [1.82, 2.24) is 4.98 Å². The molecule has 4 nitrogen and oxygen atoms in total. The number of thiazole rings is 1. The molecule has 0 spiro atoms. The molecule has 4 N–H and O–H groups in total. The predicted molar refractivity (Wildman–Crippen MR) is 56.0 cm³/mol. The van der Waals surface area contributed by atoms with Crippen molar-refractivity contribution in [1.29, 1.82) is 0 Å². The molecule has 0 aliphatic heterocycles. The zero-order chi connectivity index (χ0) is 9.84. The van der Waals surface area contributed by atoms with Gasteiger partial charge in [-0.3, -0.25) is 0 Å². The van der Waals surface area contributed by atoms with E-state index in [1.165, 1.54) is 17.5 Å². The normalized spacial score (nSPS) is 15.6. The molecule has 2 unspecified atom stereocenters. The standard InChI is InChI=1S/C7H12N2O2S2/c8-7-9-3-5(13-7)6(11)4(10)1-2-12/h3-4,6,10-12H,1-2H2,(H2,8,9). The second-order valence-corrected chi connectivity index (χ2v) is 4.17. The highest BCUT2D eigenvalue weighted by Gasteiger charge is 2.19. The van der Waals surface area contributed by atoms with Crippen LogP contribution in [-0.2, 0) is 0 Å². The van der Waals surface area contributed by atoms with Gasteiger partial charge < -0.3 is 15.9 Å². The average molecular weight is 220 g/mol. The highest BCUT2D eigenvalue weighted by molar-refractivity contribution is 7.80. The molecule has 6 heteroatoms. The number of nitrogen functional groups attached to an aromatic ring is 1. The van der Waals surface area contributed by atoms with E-state index in [-0.39, 0.29) is 0 Å². The Morgan fingerprint density at radius 2 is 2.31 bits per heavy atom. The van der Waals surface area contributed by atoms with Crippen LogP contribution in [0.3, 0.4) is 0 Å². The summed E-state index contributed by atoms with van der Waals surface area (Å²) in [6.45, 7) is 0. The molecule has 13 heavy (non-hydrogen) atoms. The van der Waals surface area contributed by atoms with Gasteiger partial charge in [-0.05, 0) is 12.2 Å². The molecule has 0 bridgehead atoms. The van der Waals surface area contributed by atoms with Gasteiger partial charge in [-0.1, -0.05) is 11.3 Å². The van der Waals surface area contributed by atoms with E-state index in [1.54, 1.807) is 0 Å². The predicted octanol–water partition coefficient (Wildman–Crippen LogP) is 0.439. The van der Waals surface area contributed by atoms with E-state index in [0.29, 0.717) is 22.2 Å². The Morgan fingerprint density at radius 3 is 2.77 bits per heavy atom. The van der Waals surface area contributed by atoms with Crippen molar-refractivity contribution in [2.75, 3.05) is 11.5 Å². The number of anilines is 1. The van der Waals surface area contributed by atoms with Crippen molar-refractivity contribution in [3.8, 4) is 0 Å². The van der Waals surface area contributed by atoms with Gasteiger partial charge in [0, 0.05) is 6.20 Å². The van der Waals surface area contributed by atoms with Crippen LogP contribution in [-0.4, -0.2) is 27.1 Å². The number of aliphatic hydroxyl groups excluding tert-OH is 2. The summed E-state index contributed by atoms with van der Waals surface area (Å²) in [4.78, 5) is 4.38. The molecule has 74 valence electrons. The summed E-state index contributed by atoms with van der Waals surface area (Å²) in [5.74, 6) is 0.534. The Labute approximate surface area is 85.8 Å². The number of hydrogen-bond donors (Lipinski definition) is 4. The lowest BCUT2D eigenvalue weighted by Gasteiger charge is -2.14. The van der Waals surface area contributed by atoms with Crippen molar-refractivity contribution in [2.45, 2.75) is 18.6 Å². The number of aliphatic hydroxyl groups is 2. The second kappa shape index (κ2) is 4.80. The lowest BCUT2D eigenvalue weighted by Crippen LogP contribution is -2.17. The Morgan fingerprint density at radius 1 is 1.62 bits per heavy atom. The first-order valence-corrected chi connectivity index (χ1v) is 5.28. The number of hydrogen-bond acceptors (Lipinski definition) is 6. The molecule has 0 aromatic carbocycles. The van der Waals surface area contributed by atoms with Crippen molar-refractivity contribution in [3.05, 3.63) is 11.1 Å². The zero-order valence-electron chi connectivity index (χ0n) is 6.92. The first kappa shape index (κ1) is 10.8. The van der Waals surface area contributed by atoms with E-state index in [2.05, 4.69) is 17.6 Å². The molecule has 0 fully saturated rings. The van der Waals surface area contributed by atoms with Crippen LogP contribution in [0.1, 0.15) is 17.4 Å². The Hall–Kier alpha value is -0.300. The lowest BCUT2D eigenvalue weighted by atomic mass is 10.1. The largest absolute Gasteiger partial charge is 0.390 e. The van der Waals surface area contributed by atoms with Gasteiger partial charge in [0.25, 0.3) is 0 Å². The third-order valence-electron chi connectivity index (χ3n) is 1.62. The van der Waals surface area contributed by atoms with Crippen LogP contribution in [0.2, 0.25) is 0 Å². The quantitative estimate of drug-likeness (QED) is 0.555. The van der Waals surface area contributed by atoms with Gasteiger partial charge in [0.2, 0.25) is 0 Å². The maximum atomic E-state index is 9.56. The minimum Gasteiger partial charge on any atom is -0.390 e. The highest BCUT2D eigenvalue weighted by atomic mass is 32.1. The number of rotatable bonds is 4. The molecule has 1 rings (SSSR count). The molecule has 0 aliphatic carbocycles. The van der Waals surface area contributed by atoms with Crippen molar-refractivity contribution < 1.29 is 10.2 Å². The second-order valence-electron chi connectivity index (χ2n) is 2.63. The first-order valence-electron chi connectivity index (χ1n) is 3.83. The molecule has 0 saturated heterocycles. The minimum atomic E-state index is -0.901. The fourth-order valence-electron chi connectivity index (χ4n) is 0.917. The molecule has 2 atom stereocenters. The first-order chi connectivity index (χ1) is 6.15. The van der Waals surface area contributed by atoms with Crippen LogP contribution in [0.5, 0.6) is 0 Å². The third kappa shape index (κ3) is 2.84. The minimum absolute atomic E-state index is 0.395. The van der Waals surface area contributed by atoms with Crippen molar-refractivity contribution in [2.24, 2.45) is 0 Å². The van der Waals surface area contributed by atoms with E-state index in [1.807, 2.05) is 0 Å². The summed E-state index contributed by atoms with van der Waals surface area (Å²) in [6, 6.07) is 0. The summed E-state index contributed by atoms with van der Waals surface area (Å²) < 4.78 is 0. The van der Waals surface area contributed by atoms with Crippen molar-refractivity contribution >= 4 is 29.1 Å². The SMILES string of the molecule is Nc1ncc(C(O)C(O)CCS)s1. The van der Waals surface area contributed by atoms with E-state index < -0.39 is 12.2 Å². The van der Waals surface area contributed by atoms with E-state index in [9.17, 15) is 10.2 Å². The van der Waals surface area contributed by atoms with Gasteiger partial charge >= 0.3 is 0 Å². The number of thiol groups is 1. The van der Waals surface area contributed by atoms with Gasteiger partial charge in [-0.25, -0.2) is 4.98 Å². The molecular formula is C7H12N2O2S2. The van der Waals surface area contributed by atoms with Gasteiger partial charge in [0.15, 0.2) is 5.13 Å². The van der Waals surface area contributed by atoms with Crippen LogP contribution in [0, 0.1) is 0 Å². The maximum Gasteiger partial charge on any atom is 0.180 e. The average Bonchev–Trinajstić information content (AvgIpc) is 2.51. The third-order valence-corrected chi connectivity index (χ3v) is 2.78. The topological polar surface area (TPSA) is 79.4 Å². The van der Waals surface area contributed by atoms with Crippen LogP contribution in [0.25, 0.3) is 0 Å². The highest BCUT2D eigenvalue weighted by Crippen LogP contribution is 2.25.